The van der Waals surface area contributed by atoms with E-state index in [0.29, 0.717) is 17.1 Å². The SMILES string of the molecule is COc1cc(Nc2ccc(C#N)c([N+](=O)[O-])c2)ccc1Br. The topological polar surface area (TPSA) is 88.2 Å². The number of ether oxygens (including phenoxy) is 1. The Labute approximate surface area is 129 Å². The first-order chi connectivity index (χ1) is 10.0. The maximum atomic E-state index is 10.9. The summed E-state index contributed by atoms with van der Waals surface area (Å²) in [7, 11) is 1.55. The molecule has 21 heavy (non-hydrogen) atoms. The summed E-state index contributed by atoms with van der Waals surface area (Å²) in [6.07, 6.45) is 0. The van der Waals surface area contributed by atoms with E-state index in [-0.39, 0.29) is 11.3 Å². The lowest BCUT2D eigenvalue weighted by Crippen LogP contribution is -1.96. The number of nitrogens with zero attached hydrogens (tertiary/aromatic N) is 2. The summed E-state index contributed by atoms with van der Waals surface area (Å²) in [4.78, 5) is 10.4. The molecule has 1 N–H and O–H groups in total. The van der Waals surface area contributed by atoms with Crippen molar-refractivity contribution in [1.29, 1.82) is 5.26 Å². The number of methoxy groups -OCH3 is 1. The fourth-order valence-electron chi connectivity index (χ4n) is 1.76. The molecule has 0 saturated heterocycles. The van der Waals surface area contributed by atoms with Crippen LogP contribution in [0.15, 0.2) is 40.9 Å². The van der Waals surface area contributed by atoms with Gasteiger partial charge in [-0.2, -0.15) is 5.26 Å². The van der Waals surface area contributed by atoms with Crippen molar-refractivity contribution in [3.63, 3.8) is 0 Å². The number of benzene rings is 2. The van der Waals surface area contributed by atoms with Crippen LogP contribution in [-0.2, 0) is 0 Å². The van der Waals surface area contributed by atoms with Crippen molar-refractivity contribution < 1.29 is 9.66 Å². The van der Waals surface area contributed by atoms with Gasteiger partial charge in [-0.05, 0) is 40.2 Å². The van der Waals surface area contributed by atoms with Crippen LogP contribution in [0.4, 0.5) is 17.1 Å². The number of anilines is 2. The molecule has 0 aliphatic rings. The normalized spacial score (nSPS) is 9.76. The van der Waals surface area contributed by atoms with Gasteiger partial charge in [0.15, 0.2) is 0 Å². The van der Waals surface area contributed by atoms with Crippen molar-refractivity contribution in [3.05, 3.63) is 56.5 Å². The molecule has 2 rings (SSSR count). The number of halogens is 1. The molecule has 6 nitrogen and oxygen atoms in total. The third kappa shape index (κ3) is 3.30. The smallest absolute Gasteiger partial charge is 0.289 e. The lowest BCUT2D eigenvalue weighted by Gasteiger charge is -2.09. The van der Waals surface area contributed by atoms with E-state index in [2.05, 4.69) is 21.2 Å². The number of nitro groups is 1. The van der Waals surface area contributed by atoms with E-state index >= 15 is 0 Å². The second kappa shape index (κ2) is 6.24. The minimum Gasteiger partial charge on any atom is -0.495 e. The first kappa shape index (κ1) is 14.8. The van der Waals surface area contributed by atoms with Gasteiger partial charge in [0.1, 0.15) is 17.4 Å². The lowest BCUT2D eigenvalue weighted by atomic mass is 10.1. The molecule has 106 valence electrons. The van der Waals surface area contributed by atoms with Crippen LogP contribution in [0.1, 0.15) is 5.56 Å². The van der Waals surface area contributed by atoms with E-state index in [1.165, 1.54) is 12.1 Å². The Morgan fingerprint density at radius 3 is 2.57 bits per heavy atom. The first-order valence-corrected chi connectivity index (χ1v) is 6.63. The van der Waals surface area contributed by atoms with Crippen molar-refractivity contribution in [2.24, 2.45) is 0 Å². The molecule has 0 unspecified atom stereocenters. The number of nitrogens with one attached hydrogen (secondary N) is 1. The van der Waals surface area contributed by atoms with Gasteiger partial charge in [0.2, 0.25) is 0 Å². The zero-order valence-electron chi connectivity index (χ0n) is 11.0. The van der Waals surface area contributed by atoms with Crippen molar-refractivity contribution >= 4 is 33.0 Å². The molecule has 0 fully saturated rings. The van der Waals surface area contributed by atoms with Gasteiger partial charge >= 0.3 is 0 Å². The van der Waals surface area contributed by atoms with Gasteiger partial charge in [0, 0.05) is 23.5 Å². The highest BCUT2D eigenvalue weighted by atomic mass is 79.9. The maximum Gasteiger partial charge on any atom is 0.289 e. The fraction of sp³-hybridized carbons (Fsp3) is 0.0714. The average Bonchev–Trinajstić information content (AvgIpc) is 2.49. The molecule has 0 aliphatic heterocycles. The molecule has 0 aliphatic carbocycles. The van der Waals surface area contributed by atoms with Crippen LogP contribution >= 0.6 is 15.9 Å². The molecule has 0 spiro atoms. The molecule has 0 saturated carbocycles. The van der Waals surface area contributed by atoms with E-state index in [1.54, 1.807) is 37.4 Å². The van der Waals surface area contributed by atoms with Gasteiger partial charge in [-0.15, -0.1) is 0 Å². The summed E-state index contributed by atoms with van der Waals surface area (Å²) in [5.74, 6) is 0.642. The molecular formula is C14H10BrN3O3. The second-order valence-corrected chi connectivity index (χ2v) is 4.93. The largest absolute Gasteiger partial charge is 0.495 e. The van der Waals surface area contributed by atoms with E-state index < -0.39 is 4.92 Å². The Morgan fingerprint density at radius 2 is 1.95 bits per heavy atom. The number of nitro benzene ring substituents is 1. The summed E-state index contributed by atoms with van der Waals surface area (Å²) in [5, 5.41) is 22.8. The fourth-order valence-corrected chi connectivity index (χ4v) is 2.17. The highest BCUT2D eigenvalue weighted by Crippen LogP contribution is 2.30. The number of nitriles is 1. The van der Waals surface area contributed by atoms with Gasteiger partial charge in [0.05, 0.1) is 16.5 Å². The number of hydrogen-bond donors (Lipinski definition) is 1. The highest BCUT2D eigenvalue weighted by Gasteiger charge is 2.14. The molecule has 0 radical (unpaired) electrons. The quantitative estimate of drug-likeness (QED) is 0.667. The van der Waals surface area contributed by atoms with Crippen molar-refractivity contribution in [1.82, 2.24) is 0 Å². The summed E-state index contributed by atoms with van der Waals surface area (Å²) in [6, 6.07) is 11.5. The highest BCUT2D eigenvalue weighted by molar-refractivity contribution is 9.10. The van der Waals surface area contributed by atoms with Gasteiger partial charge < -0.3 is 10.1 Å². The van der Waals surface area contributed by atoms with Crippen LogP contribution in [0.3, 0.4) is 0 Å². The predicted octanol–water partition coefficient (Wildman–Crippen LogP) is 3.98. The summed E-state index contributed by atoms with van der Waals surface area (Å²) in [5.41, 5.74) is 1.03. The minimum atomic E-state index is -0.577. The van der Waals surface area contributed by atoms with Crippen LogP contribution in [0.25, 0.3) is 0 Å². The molecule has 0 amide bonds. The monoisotopic (exact) mass is 347 g/mol. The van der Waals surface area contributed by atoms with Gasteiger partial charge in [-0.3, -0.25) is 10.1 Å². The summed E-state index contributed by atoms with van der Waals surface area (Å²) >= 11 is 3.35. The number of hydrogen-bond acceptors (Lipinski definition) is 5. The Hall–Kier alpha value is -2.59. The van der Waals surface area contributed by atoms with Crippen LogP contribution in [0, 0.1) is 21.4 Å². The molecular weight excluding hydrogens is 338 g/mol. The van der Waals surface area contributed by atoms with Gasteiger partial charge in [-0.25, -0.2) is 0 Å². The van der Waals surface area contributed by atoms with Gasteiger partial charge in [-0.1, -0.05) is 0 Å². The molecule has 2 aromatic carbocycles. The van der Waals surface area contributed by atoms with Crippen LogP contribution in [0.5, 0.6) is 5.75 Å². The first-order valence-electron chi connectivity index (χ1n) is 5.84. The van der Waals surface area contributed by atoms with Crippen LogP contribution in [-0.4, -0.2) is 12.0 Å². The third-order valence-electron chi connectivity index (χ3n) is 2.75. The van der Waals surface area contributed by atoms with Crippen molar-refractivity contribution in [3.8, 4) is 11.8 Å². The third-order valence-corrected chi connectivity index (χ3v) is 3.41. The van der Waals surface area contributed by atoms with Crippen LogP contribution < -0.4 is 10.1 Å². The maximum absolute atomic E-state index is 10.9. The number of rotatable bonds is 4. The predicted molar refractivity (Wildman–Crippen MR) is 81.8 cm³/mol. The summed E-state index contributed by atoms with van der Waals surface area (Å²) in [6.45, 7) is 0. The van der Waals surface area contributed by atoms with E-state index in [9.17, 15) is 10.1 Å². The van der Waals surface area contributed by atoms with E-state index in [4.69, 9.17) is 10.00 Å². The standard InChI is InChI=1S/C14H10BrN3O3/c1-21-14-7-11(4-5-12(14)15)17-10-3-2-9(8-16)13(6-10)18(19)20/h2-7,17H,1H3. The summed E-state index contributed by atoms with van der Waals surface area (Å²) < 4.78 is 5.99. The van der Waals surface area contributed by atoms with Gasteiger partial charge in [0.25, 0.3) is 5.69 Å². The molecule has 0 atom stereocenters. The molecule has 0 heterocycles. The molecule has 2 aromatic rings. The van der Waals surface area contributed by atoms with Crippen LogP contribution in [0.2, 0.25) is 0 Å². The minimum absolute atomic E-state index is 0.0268. The average molecular weight is 348 g/mol. The lowest BCUT2D eigenvalue weighted by molar-refractivity contribution is -0.385. The zero-order valence-corrected chi connectivity index (χ0v) is 12.5. The molecule has 7 heteroatoms. The van der Waals surface area contributed by atoms with E-state index in [0.717, 1.165) is 4.47 Å². The van der Waals surface area contributed by atoms with Crippen molar-refractivity contribution in [2.75, 3.05) is 12.4 Å². The second-order valence-electron chi connectivity index (χ2n) is 4.08. The zero-order chi connectivity index (χ0) is 15.4. The Morgan fingerprint density at radius 1 is 1.29 bits per heavy atom. The Bertz CT molecular complexity index is 741. The Balaban J connectivity index is 2.34. The van der Waals surface area contributed by atoms with Crippen molar-refractivity contribution in [2.45, 2.75) is 0 Å². The Kier molecular flexibility index (Phi) is 4.40. The van der Waals surface area contributed by atoms with E-state index in [1.807, 2.05) is 0 Å². The molecule has 0 bridgehead atoms. The molecule has 0 aromatic heterocycles.